The van der Waals surface area contributed by atoms with Gasteiger partial charge in [0, 0.05) is 23.0 Å². The molecule has 1 heterocycles. The molecule has 1 aromatic heterocycles. The lowest BCUT2D eigenvalue weighted by molar-refractivity contribution is 0.576. The molecule has 1 unspecified atom stereocenters. The molecule has 1 atom stereocenters. The van der Waals surface area contributed by atoms with Crippen LogP contribution in [0.15, 0.2) is 54.7 Å². The van der Waals surface area contributed by atoms with Crippen LogP contribution in [-0.2, 0) is 6.42 Å². The zero-order valence-electron chi connectivity index (χ0n) is 11.1. The Kier molecular flexibility index (Phi) is 3.52. The van der Waals surface area contributed by atoms with Gasteiger partial charge in [-0.15, -0.1) is 0 Å². The first-order valence-electron chi connectivity index (χ1n) is 6.79. The predicted molar refractivity (Wildman–Crippen MR) is 80.2 cm³/mol. The highest BCUT2D eigenvalue weighted by atomic mass is 19.1. The van der Waals surface area contributed by atoms with E-state index < -0.39 is 0 Å². The number of nitrogens with two attached hydrogens (primary N) is 1. The van der Waals surface area contributed by atoms with E-state index >= 15 is 0 Å². The molecule has 0 aliphatic carbocycles. The van der Waals surface area contributed by atoms with Crippen molar-refractivity contribution in [3.8, 4) is 0 Å². The highest BCUT2D eigenvalue weighted by Gasteiger charge is 2.16. The van der Waals surface area contributed by atoms with Gasteiger partial charge in [0.2, 0.25) is 0 Å². The number of para-hydroxylation sites is 1. The van der Waals surface area contributed by atoms with Crippen LogP contribution in [0.1, 0.15) is 17.0 Å². The molecular weight excluding hydrogens is 251 g/mol. The van der Waals surface area contributed by atoms with Gasteiger partial charge in [0.1, 0.15) is 5.82 Å². The summed E-state index contributed by atoms with van der Waals surface area (Å²) in [6, 6.07) is 15.0. The topological polar surface area (TPSA) is 41.8 Å². The van der Waals surface area contributed by atoms with Gasteiger partial charge in [0.25, 0.3) is 0 Å². The molecule has 0 radical (unpaired) electrons. The summed E-state index contributed by atoms with van der Waals surface area (Å²) < 4.78 is 13.9. The van der Waals surface area contributed by atoms with Crippen molar-refractivity contribution < 1.29 is 4.39 Å². The average Bonchev–Trinajstić information content (AvgIpc) is 2.89. The van der Waals surface area contributed by atoms with E-state index in [1.165, 1.54) is 17.0 Å². The Hall–Kier alpha value is -2.13. The van der Waals surface area contributed by atoms with E-state index in [0.717, 1.165) is 11.9 Å². The van der Waals surface area contributed by atoms with E-state index in [0.29, 0.717) is 12.1 Å². The van der Waals surface area contributed by atoms with Crippen molar-refractivity contribution in [3.05, 3.63) is 71.7 Å². The molecule has 3 rings (SSSR count). The number of benzene rings is 2. The second kappa shape index (κ2) is 5.47. The number of hydrogen-bond acceptors (Lipinski definition) is 1. The second-order valence-corrected chi connectivity index (χ2v) is 5.02. The smallest absolute Gasteiger partial charge is 0.126 e. The number of halogens is 1. The highest BCUT2D eigenvalue weighted by Crippen LogP contribution is 2.26. The summed E-state index contributed by atoms with van der Waals surface area (Å²) in [7, 11) is 0. The number of nitrogens with one attached hydrogen (secondary N) is 1. The van der Waals surface area contributed by atoms with Crippen LogP contribution in [0.25, 0.3) is 10.9 Å². The molecule has 3 heteroatoms. The van der Waals surface area contributed by atoms with Gasteiger partial charge in [0.15, 0.2) is 0 Å². The molecule has 3 aromatic rings. The van der Waals surface area contributed by atoms with Gasteiger partial charge >= 0.3 is 0 Å². The molecule has 0 spiro atoms. The van der Waals surface area contributed by atoms with Crippen molar-refractivity contribution >= 4 is 10.9 Å². The van der Waals surface area contributed by atoms with Crippen LogP contribution in [0.4, 0.5) is 4.39 Å². The molecule has 2 aromatic carbocycles. The van der Waals surface area contributed by atoms with E-state index in [-0.39, 0.29) is 11.7 Å². The van der Waals surface area contributed by atoms with Crippen LogP contribution in [0, 0.1) is 5.82 Å². The molecule has 0 saturated carbocycles. The third-order valence-electron chi connectivity index (χ3n) is 3.77. The van der Waals surface area contributed by atoms with Gasteiger partial charge in [-0.05, 0) is 36.2 Å². The number of aromatic nitrogens is 1. The van der Waals surface area contributed by atoms with Crippen LogP contribution in [0.5, 0.6) is 0 Å². The van der Waals surface area contributed by atoms with Gasteiger partial charge in [-0.25, -0.2) is 4.39 Å². The summed E-state index contributed by atoms with van der Waals surface area (Å²) >= 11 is 0. The standard InChI is InChI=1S/C17H17FN2/c18-16-7-3-1-5-14(16)12(10-19)9-13-11-20-17-8-4-2-6-15(13)17/h1-8,11-12,20H,9-10,19H2. The molecule has 20 heavy (non-hydrogen) atoms. The minimum absolute atomic E-state index is 0.00425. The lowest BCUT2D eigenvalue weighted by Crippen LogP contribution is -2.16. The maximum atomic E-state index is 13.9. The van der Waals surface area contributed by atoms with Gasteiger partial charge in [0.05, 0.1) is 0 Å². The molecule has 0 aliphatic rings. The van der Waals surface area contributed by atoms with Crippen LogP contribution >= 0.6 is 0 Å². The lowest BCUT2D eigenvalue weighted by Gasteiger charge is -2.15. The minimum atomic E-state index is -0.178. The maximum Gasteiger partial charge on any atom is 0.126 e. The molecule has 0 amide bonds. The highest BCUT2D eigenvalue weighted by molar-refractivity contribution is 5.83. The summed E-state index contributed by atoms with van der Waals surface area (Å²) in [5.41, 5.74) is 8.84. The number of fused-ring (bicyclic) bond motifs is 1. The normalized spacial score (nSPS) is 12.7. The fourth-order valence-corrected chi connectivity index (χ4v) is 2.69. The largest absolute Gasteiger partial charge is 0.361 e. The SMILES string of the molecule is NCC(Cc1c[nH]c2ccccc12)c1ccccc1F. The predicted octanol–water partition coefficient (Wildman–Crippen LogP) is 3.59. The fourth-order valence-electron chi connectivity index (χ4n) is 2.69. The second-order valence-electron chi connectivity index (χ2n) is 5.02. The number of H-pyrrole nitrogens is 1. The van der Waals surface area contributed by atoms with Crippen molar-refractivity contribution in [2.24, 2.45) is 5.73 Å². The van der Waals surface area contributed by atoms with Crippen LogP contribution in [0.3, 0.4) is 0 Å². The minimum Gasteiger partial charge on any atom is -0.361 e. The Labute approximate surface area is 117 Å². The monoisotopic (exact) mass is 268 g/mol. The van der Waals surface area contributed by atoms with E-state index in [9.17, 15) is 4.39 Å². The fraction of sp³-hybridized carbons (Fsp3) is 0.176. The van der Waals surface area contributed by atoms with E-state index in [2.05, 4.69) is 11.1 Å². The first-order chi connectivity index (χ1) is 9.79. The van der Waals surface area contributed by atoms with Crippen molar-refractivity contribution in [1.29, 1.82) is 0 Å². The zero-order chi connectivity index (χ0) is 13.9. The number of hydrogen-bond donors (Lipinski definition) is 2. The molecule has 102 valence electrons. The Morgan fingerprint density at radius 1 is 1.05 bits per heavy atom. The first kappa shape index (κ1) is 12.9. The van der Waals surface area contributed by atoms with Crippen molar-refractivity contribution in [3.63, 3.8) is 0 Å². The summed E-state index contributed by atoms with van der Waals surface area (Å²) in [5, 5.41) is 1.18. The van der Waals surface area contributed by atoms with Gasteiger partial charge in [-0.2, -0.15) is 0 Å². The Bertz CT molecular complexity index is 718. The summed E-state index contributed by atoms with van der Waals surface area (Å²) in [5.74, 6) is -0.182. The number of rotatable bonds is 4. The lowest BCUT2D eigenvalue weighted by atomic mass is 9.91. The quantitative estimate of drug-likeness (QED) is 0.746. The molecule has 0 saturated heterocycles. The van der Waals surface area contributed by atoms with Gasteiger partial charge in [-0.3, -0.25) is 0 Å². The van der Waals surface area contributed by atoms with Crippen molar-refractivity contribution in [2.45, 2.75) is 12.3 Å². The van der Waals surface area contributed by atoms with Gasteiger partial charge < -0.3 is 10.7 Å². The van der Waals surface area contributed by atoms with E-state index in [4.69, 9.17) is 5.73 Å². The van der Waals surface area contributed by atoms with Crippen molar-refractivity contribution in [1.82, 2.24) is 4.98 Å². The van der Waals surface area contributed by atoms with Crippen LogP contribution < -0.4 is 5.73 Å². The molecule has 3 N–H and O–H groups in total. The molecule has 2 nitrogen and oxygen atoms in total. The van der Waals surface area contributed by atoms with Crippen LogP contribution in [-0.4, -0.2) is 11.5 Å². The zero-order valence-corrected chi connectivity index (χ0v) is 11.1. The van der Waals surface area contributed by atoms with Crippen LogP contribution in [0.2, 0.25) is 0 Å². The molecule has 0 aliphatic heterocycles. The molecule has 0 fully saturated rings. The molecular formula is C17H17FN2. The summed E-state index contributed by atoms with van der Waals surface area (Å²) in [4.78, 5) is 3.25. The maximum absolute atomic E-state index is 13.9. The summed E-state index contributed by atoms with van der Waals surface area (Å²) in [6.45, 7) is 0.431. The summed E-state index contributed by atoms with van der Waals surface area (Å²) in [6.07, 6.45) is 2.73. The third kappa shape index (κ3) is 2.32. The first-order valence-corrected chi connectivity index (χ1v) is 6.79. The Morgan fingerprint density at radius 2 is 1.80 bits per heavy atom. The Balaban J connectivity index is 1.94. The molecule has 0 bridgehead atoms. The van der Waals surface area contributed by atoms with E-state index in [1.807, 2.05) is 36.5 Å². The average molecular weight is 268 g/mol. The van der Waals surface area contributed by atoms with E-state index in [1.54, 1.807) is 6.07 Å². The Morgan fingerprint density at radius 3 is 2.60 bits per heavy atom. The number of aromatic amines is 1. The van der Waals surface area contributed by atoms with Crippen molar-refractivity contribution in [2.75, 3.05) is 6.54 Å². The van der Waals surface area contributed by atoms with Gasteiger partial charge in [-0.1, -0.05) is 36.4 Å². The third-order valence-corrected chi connectivity index (χ3v) is 3.77.